The fourth-order valence-electron chi connectivity index (χ4n) is 1.79. The summed E-state index contributed by atoms with van der Waals surface area (Å²) in [5, 5.41) is 9.87. The standard InChI is InChI=1S/C17H16F2O3S/c1-11(20)12-2-4-14(5-3-12)22-9-13(21)10-23-15-6-7-16(18)17(19)8-15/h2-8,13,21H,9-10H2,1H3. The number of aliphatic hydroxyl groups is 1. The van der Waals surface area contributed by atoms with Gasteiger partial charge >= 0.3 is 0 Å². The van der Waals surface area contributed by atoms with E-state index >= 15 is 0 Å². The molecule has 0 aliphatic rings. The van der Waals surface area contributed by atoms with Crippen LogP contribution in [0.5, 0.6) is 5.75 Å². The molecule has 1 N–H and O–H groups in total. The molecule has 1 atom stereocenters. The molecule has 0 aliphatic carbocycles. The van der Waals surface area contributed by atoms with E-state index in [1.807, 2.05) is 0 Å². The van der Waals surface area contributed by atoms with Crippen LogP contribution < -0.4 is 4.74 Å². The van der Waals surface area contributed by atoms with Crippen LogP contribution in [-0.4, -0.2) is 29.4 Å². The van der Waals surface area contributed by atoms with Crippen LogP contribution in [0.25, 0.3) is 0 Å². The molecule has 0 heterocycles. The number of rotatable bonds is 7. The molecule has 3 nitrogen and oxygen atoms in total. The number of ketones is 1. The Bertz CT molecular complexity index is 674. The van der Waals surface area contributed by atoms with Crippen LogP contribution in [0.1, 0.15) is 17.3 Å². The van der Waals surface area contributed by atoms with Gasteiger partial charge in [0, 0.05) is 16.2 Å². The lowest BCUT2D eigenvalue weighted by molar-refractivity contribution is 0.101. The summed E-state index contributed by atoms with van der Waals surface area (Å²) in [6, 6.07) is 10.2. The van der Waals surface area contributed by atoms with Crippen molar-refractivity contribution in [2.75, 3.05) is 12.4 Å². The summed E-state index contributed by atoms with van der Waals surface area (Å²) in [6.45, 7) is 1.55. The molecule has 0 amide bonds. The summed E-state index contributed by atoms with van der Waals surface area (Å²) in [5.74, 6) is -0.999. The second-order valence-electron chi connectivity index (χ2n) is 4.93. The second kappa shape index (κ2) is 8.08. The van der Waals surface area contributed by atoms with Crippen molar-refractivity contribution in [3.63, 3.8) is 0 Å². The fraction of sp³-hybridized carbons (Fsp3) is 0.235. The zero-order valence-electron chi connectivity index (χ0n) is 12.5. The summed E-state index contributed by atoms with van der Waals surface area (Å²) in [4.78, 5) is 11.7. The van der Waals surface area contributed by atoms with Gasteiger partial charge in [0.1, 0.15) is 12.4 Å². The Balaban J connectivity index is 1.79. The van der Waals surface area contributed by atoms with E-state index in [4.69, 9.17) is 4.74 Å². The summed E-state index contributed by atoms with van der Waals surface area (Å²) in [7, 11) is 0. The van der Waals surface area contributed by atoms with E-state index in [2.05, 4.69) is 0 Å². The second-order valence-corrected chi connectivity index (χ2v) is 6.03. The summed E-state index contributed by atoms with van der Waals surface area (Å²) >= 11 is 1.21. The highest BCUT2D eigenvalue weighted by Gasteiger charge is 2.09. The van der Waals surface area contributed by atoms with Gasteiger partial charge in [0.15, 0.2) is 17.4 Å². The number of carbonyl (C=O) groups excluding carboxylic acids is 1. The molecule has 2 aromatic rings. The molecular weight excluding hydrogens is 322 g/mol. The fourth-order valence-corrected chi connectivity index (χ4v) is 2.62. The van der Waals surface area contributed by atoms with Gasteiger partial charge < -0.3 is 9.84 Å². The predicted octanol–water partition coefficient (Wildman–Crippen LogP) is 3.70. The van der Waals surface area contributed by atoms with E-state index in [-0.39, 0.29) is 18.1 Å². The number of Topliss-reactive ketones (excluding diaryl/α,β-unsaturated/α-hetero) is 1. The molecule has 0 saturated heterocycles. The van der Waals surface area contributed by atoms with Crippen LogP contribution in [-0.2, 0) is 0 Å². The molecule has 2 aromatic carbocycles. The van der Waals surface area contributed by atoms with Crippen molar-refractivity contribution in [1.29, 1.82) is 0 Å². The van der Waals surface area contributed by atoms with Gasteiger partial charge in [-0.2, -0.15) is 0 Å². The largest absolute Gasteiger partial charge is 0.491 e. The van der Waals surface area contributed by atoms with E-state index in [1.54, 1.807) is 24.3 Å². The van der Waals surface area contributed by atoms with E-state index in [1.165, 1.54) is 24.8 Å². The Morgan fingerprint density at radius 1 is 1.17 bits per heavy atom. The van der Waals surface area contributed by atoms with Crippen molar-refractivity contribution >= 4 is 17.5 Å². The number of hydrogen-bond donors (Lipinski definition) is 1. The Kier molecular flexibility index (Phi) is 6.12. The highest BCUT2D eigenvalue weighted by molar-refractivity contribution is 7.99. The number of thioether (sulfide) groups is 1. The van der Waals surface area contributed by atoms with Gasteiger partial charge in [0.25, 0.3) is 0 Å². The maximum atomic E-state index is 13.1. The molecular formula is C17H16F2O3S. The van der Waals surface area contributed by atoms with Gasteiger partial charge in [-0.3, -0.25) is 4.79 Å². The van der Waals surface area contributed by atoms with E-state index < -0.39 is 17.7 Å². The smallest absolute Gasteiger partial charge is 0.159 e. The topological polar surface area (TPSA) is 46.5 Å². The minimum atomic E-state index is -0.911. The molecule has 0 saturated carbocycles. The van der Waals surface area contributed by atoms with Crippen LogP contribution in [0.2, 0.25) is 0 Å². The van der Waals surface area contributed by atoms with Crippen molar-refractivity contribution in [3.05, 3.63) is 59.7 Å². The zero-order valence-corrected chi connectivity index (χ0v) is 13.3. The number of hydrogen-bond acceptors (Lipinski definition) is 4. The highest BCUT2D eigenvalue weighted by atomic mass is 32.2. The normalized spacial score (nSPS) is 12.0. The first-order valence-corrected chi connectivity index (χ1v) is 7.94. The van der Waals surface area contributed by atoms with E-state index in [0.717, 1.165) is 12.1 Å². The highest BCUT2D eigenvalue weighted by Crippen LogP contribution is 2.21. The van der Waals surface area contributed by atoms with Crippen LogP contribution in [0, 0.1) is 11.6 Å². The maximum absolute atomic E-state index is 13.1. The Labute approximate surface area is 137 Å². The first kappa shape index (κ1) is 17.4. The van der Waals surface area contributed by atoms with Gasteiger partial charge in [-0.25, -0.2) is 8.78 Å². The first-order chi connectivity index (χ1) is 11.0. The van der Waals surface area contributed by atoms with E-state index in [9.17, 15) is 18.7 Å². The quantitative estimate of drug-likeness (QED) is 0.618. The molecule has 122 valence electrons. The minimum absolute atomic E-state index is 0.0282. The molecule has 23 heavy (non-hydrogen) atoms. The lowest BCUT2D eigenvalue weighted by Gasteiger charge is -2.12. The lowest BCUT2D eigenvalue weighted by atomic mass is 10.1. The zero-order chi connectivity index (χ0) is 16.8. The third-order valence-electron chi connectivity index (χ3n) is 3.04. The van der Waals surface area contributed by atoms with Crippen molar-refractivity contribution in [1.82, 2.24) is 0 Å². The van der Waals surface area contributed by atoms with Crippen molar-refractivity contribution in [3.8, 4) is 5.75 Å². The van der Waals surface area contributed by atoms with Gasteiger partial charge in [0.2, 0.25) is 0 Å². The summed E-state index contributed by atoms with van der Waals surface area (Å²) in [5.41, 5.74) is 0.590. The maximum Gasteiger partial charge on any atom is 0.159 e. The molecule has 0 fully saturated rings. The predicted molar refractivity (Wildman–Crippen MR) is 85.0 cm³/mol. The van der Waals surface area contributed by atoms with Gasteiger partial charge in [-0.15, -0.1) is 11.8 Å². The number of carbonyl (C=O) groups is 1. The third-order valence-corrected chi connectivity index (χ3v) is 4.18. The van der Waals surface area contributed by atoms with Crippen molar-refractivity contribution in [2.45, 2.75) is 17.9 Å². The van der Waals surface area contributed by atoms with E-state index in [0.29, 0.717) is 16.2 Å². The number of ether oxygens (including phenoxy) is 1. The van der Waals surface area contributed by atoms with Crippen molar-refractivity contribution in [2.24, 2.45) is 0 Å². The SMILES string of the molecule is CC(=O)c1ccc(OCC(O)CSc2ccc(F)c(F)c2)cc1. The summed E-state index contributed by atoms with van der Waals surface area (Å²) in [6.07, 6.45) is -0.763. The number of aliphatic hydroxyl groups excluding tert-OH is 1. The van der Waals surface area contributed by atoms with Crippen molar-refractivity contribution < 1.29 is 23.4 Å². The van der Waals surface area contributed by atoms with Crippen LogP contribution in [0.4, 0.5) is 8.78 Å². The Hall–Kier alpha value is -1.92. The Morgan fingerprint density at radius 2 is 1.87 bits per heavy atom. The molecule has 6 heteroatoms. The number of benzene rings is 2. The molecule has 0 radical (unpaired) electrons. The third kappa shape index (κ3) is 5.33. The summed E-state index contributed by atoms with van der Waals surface area (Å²) < 4.78 is 31.3. The Morgan fingerprint density at radius 3 is 2.48 bits per heavy atom. The minimum Gasteiger partial charge on any atom is -0.491 e. The van der Waals surface area contributed by atoms with Crippen LogP contribution >= 0.6 is 11.8 Å². The van der Waals surface area contributed by atoms with Gasteiger partial charge in [0.05, 0.1) is 6.10 Å². The average molecular weight is 338 g/mol. The van der Waals surface area contributed by atoms with Crippen LogP contribution in [0.15, 0.2) is 47.4 Å². The lowest BCUT2D eigenvalue weighted by Crippen LogP contribution is -2.20. The molecule has 2 rings (SSSR count). The van der Waals surface area contributed by atoms with Crippen LogP contribution in [0.3, 0.4) is 0 Å². The molecule has 1 unspecified atom stereocenters. The molecule has 0 spiro atoms. The van der Waals surface area contributed by atoms with Gasteiger partial charge in [-0.05, 0) is 49.4 Å². The average Bonchev–Trinajstić information content (AvgIpc) is 2.54. The molecule has 0 aliphatic heterocycles. The monoisotopic (exact) mass is 338 g/mol. The first-order valence-electron chi connectivity index (χ1n) is 6.95. The van der Waals surface area contributed by atoms with Gasteiger partial charge in [-0.1, -0.05) is 0 Å². The number of halogens is 2. The molecule has 0 bridgehead atoms. The molecule has 0 aromatic heterocycles.